The average Bonchev–Trinajstić information content (AvgIpc) is 2.77. The van der Waals surface area contributed by atoms with Crippen molar-refractivity contribution in [2.45, 2.75) is 27.3 Å². The van der Waals surface area contributed by atoms with Crippen molar-refractivity contribution in [3.63, 3.8) is 0 Å². The Morgan fingerprint density at radius 3 is 2.79 bits per heavy atom. The van der Waals surface area contributed by atoms with E-state index in [1.807, 2.05) is 43.1 Å². The second-order valence-corrected chi connectivity index (χ2v) is 4.53. The van der Waals surface area contributed by atoms with Crippen molar-refractivity contribution >= 4 is 5.78 Å². The number of nitrogens with zero attached hydrogens (tertiary/aromatic N) is 2. The van der Waals surface area contributed by atoms with Crippen LogP contribution in [-0.4, -0.2) is 22.2 Å². The number of hydrogen-bond donors (Lipinski definition) is 0. The Morgan fingerprint density at radius 1 is 1.42 bits per heavy atom. The van der Waals surface area contributed by atoms with Crippen molar-refractivity contribution in [2.24, 2.45) is 0 Å². The van der Waals surface area contributed by atoms with Crippen LogP contribution < -0.4 is 4.74 Å². The van der Waals surface area contributed by atoms with Crippen LogP contribution in [0.2, 0.25) is 0 Å². The molecule has 1 aromatic heterocycles. The van der Waals surface area contributed by atoms with Gasteiger partial charge in [-0.2, -0.15) is 5.10 Å². The molecule has 4 heteroatoms. The smallest absolute Gasteiger partial charge is 0.159 e. The van der Waals surface area contributed by atoms with Crippen molar-refractivity contribution in [2.75, 3.05) is 6.61 Å². The van der Waals surface area contributed by atoms with Gasteiger partial charge in [0, 0.05) is 17.3 Å². The van der Waals surface area contributed by atoms with Crippen LogP contribution in [0.5, 0.6) is 5.75 Å². The molecule has 0 spiro atoms. The van der Waals surface area contributed by atoms with Crippen molar-refractivity contribution in [3.8, 4) is 5.75 Å². The lowest BCUT2D eigenvalue weighted by Crippen LogP contribution is -2.05. The van der Waals surface area contributed by atoms with Crippen LogP contribution in [0.1, 0.15) is 35.3 Å². The Labute approximate surface area is 113 Å². The Balaban J connectivity index is 2.34. The van der Waals surface area contributed by atoms with Gasteiger partial charge < -0.3 is 4.74 Å². The number of rotatable bonds is 5. The van der Waals surface area contributed by atoms with E-state index in [4.69, 9.17) is 4.74 Å². The number of ether oxygens (including phenoxy) is 1. The van der Waals surface area contributed by atoms with E-state index in [-0.39, 0.29) is 5.78 Å². The van der Waals surface area contributed by atoms with Gasteiger partial charge in [0.1, 0.15) is 5.75 Å². The molecule has 19 heavy (non-hydrogen) atoms. The molecular formula is C15H18N2O2. The highest BCUT2D eigenvalue weighted by molar-refractivity contribution is 5.94. The maximum atomic E-state index is 11.5. The predicted molar refractivity (Wildman–Crippen MR) is 73.7 cm³/mol. The van der Waals surface area contributed by atoms with E-state index >= 15 is 0 Å². The van der Waals surface area contributed by atoms with Crippen molar-refractivity contribution in [1.82, 2.24) is 9.78 Å². The zero-order chi connectivity index (χ0) is 13.8. The number of ketones is 1. The Bertz CT molecular complexity index is 588. The van der Waals surface area contributed by atoms with Crippen LogP contribution in [0.15, 0.2) is 30.6 Å². The molecule has 2 rings (SSSR count). The molecule has 0 N–H and O–H groups in total. The van der Waals surface area contributed by atoms with Crippen molar-refractivity contribution < 1.29 is 9.53 Å². The highest BCUT2D eigenvalue weighted by Crippen LogP contribution is 2.21. The third-order valence-corrected chi connectivity index (χ3v) is 2.86. The van der Waals surface area contributed by atoms with Gasteiger partial charge in [0.15, 0.2) is 5.78 Å². The lowest BCUT2D eigenvalue weighted by atomic mass is 10.1. The summed E-state index contributed by atoms with van der Waals surface area (Å²) in [6, 6.07) is 5.53. The first-order valence-corrected chi connectivity index (χ1v) is 6.36. The van der Waals surface area contributed by atoms with E-state index < -0.39 is 0 Å². The molecule has 0 radical (unpaired) electrons. The van der Waals surface area contributed by atoms with Gasteiger partial charge in [-0.25, -0.2) is 0 Å². The molecule has 0 bridgehead atoms. The third-order valence-electron chi connectivity index (χ3n) is 2.86. The molecule has 4 nitrogen and oxygen atoms in total. The van der Waals surface area contributed by atoms with Crippen LogP contribution in [0.25, 0.3) is 0 Å². The molecular weight excluding hydrogens is 240 g/mol. The number of carbonyl (C=O) groups excluding carboxylic acids is 1. The maximum Gasteiger partial charge on any atom is 0.159 e. The van der Waals surface area contributed by atoms with E-state index in [2.05, 4.69) is 5.10 Å². The molecule has 0 unspecified atom stereocenters. The first-order valence-electron chi connectivity index (χ1n) is 6.36. The number of Topliss-reactive ketones (excluding diaryl/α,β-unsaturated/α-hetero) is 1. The number of hydrogen-bond acceptors (Lipinski definition) is 3. The number of aryl methyl sites for hydroxylation is 1. The third kappa shape index (κ3) is 3.22. The Kier molecular flexibility index (Phi) is 4.00. The fourth-order valence-electron chi connectivity index (χ4n) is 1.95. The van der Waals surface area contributed by atoms with Gasteiger partial charge in [-0.15, -0.1) is 0 Å². The molecule has 0 fully saturated rings. The zero-order valence-electron chi connectivity index (χ0n) is 11.5. The summed E-state index contributed by atoms with van der Waals surface area (Å²) < 4.78 is 7.44. The molecule has 0 saturated carbocycles. The fraction of sp³-hybridized carbons (Fsp3) is 0.333. The molecule has 0 amide bonds. The summed E-state index contributed by atoms with van der Waals surface area (Å²) in [4.78, 5) is 11.5. The van der Waals surface area contributed by atoms with Gasteiger partial charge in [0.05, 0.1) is 19.3 Å². The monoisotopic (exact) mass is 258 g/mol. The van der Waals surface area contributed by atoms with Crippen LogP contribution in [0.3, 0.4) is 0 Å². The second-order valence-electron chi connectivity index (χ2n) is 4.53. The standard InChI is InChI=1S/C15H18N2O2/c1-4-19-15-6-5-13(12(3)18)7-14(15)10-17-9-11(2)8-16-17/h5-9H,4,10H2,1-3H3. The molecule has 0 aliphatic heterocycles. The van der Waals surface area contributed by atoms with E-state index in [1.54, 1.807) is 13.0 Å². The zero-order valence-corrected chi connectivity index (χ0v) is 11.5. The highest BCUT2D eigenvalue weighted by Gasteiger charge is 2.09. The molecule has 1 heterocycles. The summed E-state index contributed by atoms with van der Waals surface area (Å²) in [6.45, 7) is 6.71. The summed E-state index contributed by atoms with van der Waals surface area (Å²) in [7, 11) is 0. The molecule has 0 aliphatic carbocycles. The lowest BCUT2D eigenvalue weighted by Gasteiger charge is -2.11. The van der Waals surface area contributed by atoms with Gasteiger partial charge in [0.25, 0.3) is 0 Å². The second kappa shape index (κ2) is 5.69. The van der Waals surface area contributed by atoms with Gasteiger partial charge in [-0.05, 0) is 44.5 Å². The predicted octanol–water partition coefficient (Wildman–Crippen LogP) is 2.84. The number of benzene rings is 1. The topological polar surface area (TPSA) is 44.1 Å². The van der Waals surface area contributed by atoms with Crippen LogP contribution in [0.4, 0.5) is 0 Å². The van der Waals surface area contributed by atoms with E-state index in [9.17, 15) is 4.79 Å². The van der Waals surface area contributed by atoms with Gasteiger partial charge >= 0.3 is 0 Å². The van der Waals surface area contributed by atoms with E-state index in [1.165, 1.54) is 0 Å². The Morgan fingerprint density at radius 2 is 2.21 bits per heavy atom. The average molecular weight is 258 g/mol. The van der Waals surface area contributed by atoms with Crippen LogP contribution in [0, 0.1) is 6.92 Å². The quantitative estimate of drug-likeness (QED) is 0.775. The highest BCUT2D eigenvalue weighted by atomic mass is 16.5. The molecule has 2 aromatic rings. The minimum atomic E-state index is 0.0564. The molecule has 0 atom stereocenters. The maximum absolute atomic E-state index is 11.5. The normalized spacial score (nSPS) is 10.5. The summed E-state index contributed by atoms with van der Waals surface area (Å²) in [6.07, 6.45) is 3.78. The molecule has 1 aromatic carbocycles. The van der Waals surface area contributed by atoms with Crippen LogP contribution in [-0.2, 0) is 6.54 Å². The van der Waals surface area contributed by atoms with Crippen molar-refractivity contribution in [3.05, 3.63) is 47.3 Å². The SMILES string of the molecule is CCOc1ccc(C(C)=O)cc1Cn1cc(C)cn1. The largest absolute Gasteiger partial charge is 0.494 e. The first kappa shape index (κ1) is 13.3. The minimum absolute atomic E-state index is 0.0564. The fourth-order valence-corrected chi connectivity index (χ4v) is 1.95. The molecule has 0 saturated heterocycles. The van der Waals surface area contributed by atoms with Gasteiger partial charge in [-0.1, -0.05) is 0 Å². The van der Waals surface area contributed by atoms with Crippen molar-refractivity contribution in [1.29, 1.82) is 0 Å². The number of aromatic nitrogens is 2. The van der Waals surface area contributed by atoms with Gasteiger partial charge in [-0.3, -0.25) is 9.48 Å². The molecule has 0 aliphatic rings. The summed E-state index contributed by atoms with van der Waals surface area (Å²) >= 11 is 0. The number of carbonyl (C=O) groups is 1. The van der Waals surface area contributed by atoms with E-state index in [0.717, 1.165) is 16.9 Å². The molecule has 100 valence electrons. The summed E-state index contributed by atoms with van der Waals surface area (Å²) in [5, 5.41) is 4.26. The summed E-state index contributed by atoms with van der Waals surface area (Å²) in [5.41, 5.74) is 2.78. The summed E-state index contributed by atoms with van der Waals surface area (Å²) in [5.74, 6) is 0.863. The Hall–Kier alpha value is -2.10. The lowest BCUT2D eigenvalue weighted by molar-refractivity contribution is 0.101. The van der Waals surface area contributed by atoms with Gasteiger partial charge in [0.2, 0.25) is 0 Å². The minimum Gasteiger partial charge on any atom is -0.494 e. The van der Waals surface area contributed by atoms with Crippen LogP contribution >= 0.6 is 0 Å². The van der Waals surface area contributed by atoms with E-state index in [0.29, 0.717) is 18.7 Å². The first-order chi connectivity index (χ1) is 9.10.